The van der Waals surface area contributed by atoms with E-state index in [0.717, 1.165) is 12.8 Å². The Labute approximate surface area is 123 Å². The fourth-order valence-electron chi connectivity index (χ4n) is 2.78. The lowest BCUT2D eigenvalue weighted by Gasteiger charge is -2.28. The van der Waals surface area contributed by atoms with Crippen LogP contribution in [0.5, 0.6) is 0 Å². The van der Waals surface area contributed by atoms with Crippen LogP contribution in [-0.4, -0.2) is 32.9 Å². The second-order valence-corrected chi connectivity index (χ2v) is 5.61. The van der Waals surface area contributed by atoms with Crippen LogP contribution in [-0.2, 0) is 11.3 Å². The summed E-state index contributed by atoms with van der Waals surface area (Å²) in [6.07, 6.45) is 9.03. The zero-order valence-corrected chi connectivity index (χ0v) is 12.2. The molecule has 1 unspecified atom stereocenters. The van der Waals surface area contributed by atoms with E-state index in [-0.39, 0.29) is 18.6 Å². The van der Waals surface area contributed by atoms with Crippen molar-refractivity contribution in [3.05, 3.63) is 12.4 Å². The van der Waals surface area contributed by atoms with Gasteiger partial charge in [0.25, 0.3) is 0 Å². The van der Waals surface area contributed by atoms with Crippen LogP contribution in [0.3, 0.4) is 0 Å². The molecule has 1 aromatic rings. The summed E-state index contributed by atoms with van der Waals surface area (Å²) in [6, 6.07) is -0.137. The normalized spacial score (nSPS) is 17.2. The molecular weight excluding hydrogens is 272 g/mol. The SMILES string of the molecule is CC(NC(=O)Nc1cnn(CC(=O)O)c1)C1CCCCC1. The van der Waals surface area contributed by atoms with Gasteiger partial charge in [0, 0.05) is 12.2 Å². The van der Waals surface area contributed by atoms with Gasteiger partial charge in [0.15, 0.2) is 0 Å². The molecule has 2 rings (SSSR count). The number of aromatic nitrogens is 2. The highest BCUT2D eigenvalue weighted by atomic mass is 16.4. The maximum absolute atomic E-state index is 11.9. The smallest absolute Gasteiger partial charge is 0.325 e. The number of amides is 2. The Morgan fingerprint density at radius 3 is 2.81 bits per heavy atom. The first kappa shape index (κ1) is 15.3. The minimum atomic E-state index is -0.972. The molecule has 1 aromatic heterocycles. The number of carbonyl (C=O) groups excluding carboxylic acids is 1. The van der Waals surface area contributed by atoms with Gasteiger partial charge in [0.2, 0.25) is 0 Å². The molecule has 1 heterocycles. The Kier molecular flexibility index (Phi) is 5.19. The summed E-state index contributed by atoms with van der Waals surface area (Å²) in [7, 11) is 0. The third-order valence-electron chi connectivity index (χ3n) is 3.90. The van der Waals surface area contributed by atoms with E-state index in [1.807, 2.05) is 6.92 Å². The zero-order chi connectivity index (χ0) is 15.2. The summed E-state index contributed by atoms with van der Waals surface area (Å²) in [5.74, 6) is -0.431. The third-order valence-corrected chi connectivity index (χ3v) is 3.90. The summed E-state index contributed by atoms with van der Waals surface area (Å²) in [6.45, 7) is 1.81. The number of aliphatic carboxylic acids is 1. The monoisotopic (exact) mass is 294 g/mol. The van der Waals surface area contributed by atoms with E-state index in [1.165, 1.54) is 36.3 Å². The van der Waals surface area contributed by atoms with Crippen molar-refractivity contribution in [2.45, 2.75) is 51.6 Å². The lowest BCUT2D eigenvalue weighted by atomic mass is 9.85. The molecule has 0 radical (unpaired) electrons. The molecule has 1 atom stereocenters. The van der Waals surface area contributed by atoms with Gasteiger partial charge in [-0.1, -0.05) is 19.3 Å². The van der Waals surface area contributed by atoms with Crippen LogP contribution in [0.25, 0.3) is 0 Å². The number of hydrogen-bond acceptors (Lipinski definition) is 3. The van der Waals surface area contributed by atoms with E-state index >= 15 is 0 Å². The summed E-state index contributed by atoms with van der Waals surface area (Å²) in [5.41, 5.74) is 0.490. The molecule has 1 aliphatic rings. The number of carbonyl (C=O) groups is 2. The van der Waals surface area contributed by atoms with E-state index < -0.39 is 5.97 Å². The van der Waals surface area contributed by atoms with Crippen LogP contribution < -0.4 is 10.6 Å². The molecule has 3 N–H and O–H groups in total. The van der Waals surface area contributed by atoms with Crippen molar-refractivity contribution in [1.29, 1.82) is 0 Å². The number of hydrogen-bond donors (Lipinski definition) is 3. The average Bonchev–Trinajstić information content (AvgIpc) is 2.85. The number of urea groups is 1. The molecule has 21 heavy (non-hydrogen) atoms. The van der Waals surface area contributed by atoms with E-state index in [2.05, 4.69) is 15.7 Å². The molecule has 1 aliphatic carbocycles. The van der Waals surface area contributed by atoms with Gasteiger partial charge in [-0.05, 0) is 25.7 Å². The third kappa shape index (κ3) is 4.77. The second kappa shape index (κ2) is 7.10. The maximum Gasteiger partial charge on any atom is 0.325 e. The number of nitrogens with zero attached hydrogens (tertiary/aromatic N) is 2. The minimum Gasteiger partial charge on any atom is -0.480 e. The molecule has 2 amide bonds. The van der Waals surface area contributed by atoms with Crippen LogP contribution in [0, 0.1) is 5.92 Å². The highest BCUT2D eigenvalue weighted by Crippen LogP contribution is 2.26. The van der Waals surface area contributed by atoms with Crippen LogP contribution in [0.2, 0.25) is 0 Å². The lowest BCUT2D eigenvalue weighted by Crippen LogP contribution is -2.41. The highest BCUT2D eigenvalue weighted by Gasteiger charge is 2.21. The molecule has 7 heteroatoms. The molecule has 0 aromatic carbocycles. The first-order valence-electron chi connectivity index (χ1n) is 7.36. The second-order valence-electron chi connectivity index (χ2n) is 5.61. The van der Waals surface area contributed by atoms with Gasteiger partial charge in [-0.25, -0.2) is 4.79 Å². The largest absolute Gasteiger partial charge is 0.480 e. The summed E-state index contributed by atoms with van der Waals surface area (Å²) >= 11 is 0. The van der Waals surface area contributed by atoms with Gasteiger partial charge in [-0.2, -0.15) is 5.10 Å². The Hall–Kier alpha value is -2.05. The number of carboxylic acid groups (broad SMARTS) is 1. The van der Waals surface area contributed by atoms with Crippen LogP contribution in [0.15, 0.2) is 12.4 Å². The van der Waals surface area contributed by atoms with Crippen molar-refractivity contribution in [1.82, 2.24) is 15.1 Å². The summed E-state index contributed by atoms with van der Waals surface area (Å²) in [4.78, 5) is 22.5. The first-order valence-corrected chi connectivity index (χ1v) is 7.36. The van der Waals surface area contributed by atoms with E-state index in [1.54, 1.807) is 0 Å². The van der Waals surface area contributed by atoms with E-state index in [4.69, 9.17) is 5.11 Å². The molecule has 0 aliphatic heterocycles. The summed E-state index contributed by atoms with van der Waals surface area (Å²) < 4.78 is 1.27. The fourth-order valence-corrected chi connectivity index (χ4v) is 2.78. The van der Waals surface area contributed by atoms with Crippen LogP contribution in [0.1, 0.15) is 39.0 Å². The van der Waals surface area contributed by atoms with Crippen LogP contribution >= 0.6 is 0 Å². The van der Waals surface area contributed by atoms with Gasteiger partial charge in [0.1, 0.15) is 6.54 Å². The van der Waals surface area contributed by atoms with Crippen LogP contribution in [0.4, 0.5) is 10.5 Å². The lowest BCUT2D eigenvalue weighted by molar-refractivity contribution is -0.137. The Balaban J connectivity index is 1.80. The molecule has 0 saturated heterocycles. The van der Waals surface area contributed by atoms with Crippen molar-refractivity contribution in [2.75, 3.05) is 5.32 Å². The van der Waals surface area contributed by atoms with E-state index in [9.17, 15) is 9.59 Å². The van der Waals surface area contributed by atoms with E-state index in [0.29, 0.717) is 11.6 Å². The minimum absolute atomic E-state index is 0.138. The molecule has 0 spiro atoms. The number of carboxylic acids is 1. The predicted octanol–water partition coefficient (Wildman–Crippen LogP) is 2.06. The summed E-state index contributed by atoms with van der Waals surface area (Å²) in [5, 5.41) is 18.2. The molecule has 1 fully saturated rings. The molecular formula is C14H22N4O3. The van der Waals surface area contributed by atoms with Gasteiger partial charge in [-0.3, -0.25) is 9.48 Å². The molecule has 116 valence electrons. The molecule has 1 saturated carbocycles. The molecule has 0 bridgehead atoms. The Bertz CT molecular complexity index is 494. The van der Waals surface area contributed by atoms with Gasteiger partial charge in [-0.15, -0.1) is 0 Å². The number of rotatable bonds is 5. The molecule has 7 nitrogen and oxygen atoms in total. The van der Waals surface area contributed by atoms with Crippen molar-refractivity contribution in [3.8, 4) is 0 Å². The van der Waals surface area contributed by atoms with Crippen molar-refractivity contribution in [3.63, 3.8) is 0 Å². The van der Waals surface area contributed by atoms with Crippen molar-refractivity contribution in [2.24, 2.45) is 5.92 Å². The first-order chi connectivity index (χ1) is 10.0. The number of anilines is 1. The van der Waals surface area contributed by atoms with Gasteiger partial charge >= 0.3 is 12.0 Å². The topological polar surface area (TPSA) is 96.3 Å². The van der Waals surface area contributed by atoms with Gasteiger partial charge in [0.05, 0.1) is 11.9 Å². The fraction of sp³-hybridized carbons (Fsp3) is 0.643. The highest BCUT2D eigenvalue weighted by molar-refractivity contribution is 5.89. The Morgan fingerprint density at radius 2 is 2.14 bits per heavy atom. The Morgan fingerprint density at radius 1 is 1.43 bits per heavy atom. The van der Waals surface area contributed by atoms with Crippen molar-refractivity contribution < 1.29 is 14.7 Å². The quantitative estimate of drug-likeness (QED) is 0.774. The van der Waals surface area contributed by atoms with Crippen molar-refractivity contribution >= 4 is 17.7 Å². The average molecular weight is 294 g/mol. The maximum atomic E-state index is 11.9. The standard InChI is InChI=1S/C14H22N4O3/c1-10(11-5-3-2-4-6-11)16-14(21)17-12-7-15-18(8-12)9-13(19)20/h7-8,10-11H,2-6,9H2,1H3,(H,19,20)(H2,16,17,21). The number of nitrogens with one attached hydrogen (secondary N) is 2. The predicted molar refractivity (Wildman–Crippen MR) is 78.1 cm³/mol. The van der Waals surface area contributed by atoms with Gasteiger partial charge < -0.3 is 15.7 Å². The zero-order valence-electron chi connectivity index (χ0n) is 12.2.